The Morgan fingerprint density at radius 1 is 1.03 bits per heavy atom. The number of nitrogens with zero attached hydrogens (tertiary/aromatic N) is 2. The summed E-state index contributed by atoms with van der Waals surface area (Å²) in [5, 5.41) is 2.61. The summed E-state index contributed by atoms with van der Waals surface area (Å²) in [6.07, 6.45) is -3.75. The number of carbonyl (C=O) groups excluding carboxylic acids is 1. The SMILES string of the molecule is Cc1nc(NC(=O)c2cnc3ccccc3c2C(F)(F)F)sc1-c1ccccc1. The monoisotopic (exact) mass is 413 g/mol. The minimum absolute atomic E-state index is 0.118. The number of thiazole rings is 1. The van der Waals surface area contributed by atoms with Gasteiger partial charge in [0.05, 0.1) is 27.2 Å². The lowest BCUT2D eigenvalue weighted by Gasteiger charge is -2.14. The Morgan fingerprint density at radius 2 is 1.72 bits per heavy atom. The third kappa shape index (κ3) is 3.71. The summed E-state index contributed by atoms with van der Waals surface area (Å²) in [6.45, 7) is 1.78. The van der Waals surface area contributed by atoms with Crippen LogP contribution in [0.5, 0.6) is 0 Å². The van der Waals surface area contributed by atoms with Gasteiger partial charge >= 0.3 is 6.18 Å². The normalized spacial score (nSPS) is 11.6. The highest BCUT2D eigenvalue weighted by atomic mass is 32.1. The average Bonchev–Trinajstić information content (AvgIpc) is 3.07. The lowest BCUT2D eigenvalue weighted by Crippen LogP contribution is -2.19. The number of hydrogen-bond acceptors (Lipinski definition) is 4. The van der Waals surface area contributed by atoms with E-state index in [0.717, 1.165) is 16.6 Å². The topological polar surface area (TPSA) is 54.9 Å². The van der Waals surface area contributed by atoms with Gasteiger partial charge in [0.15, 0.2) is 5.13 Å². The van der Waals surface area contributed by atoms with E-state index in [1.54, 1.807) is 13.0 Å². The second-order valence-corrected chi connectivity index (χ2v) is 7.31. The van der Waals surface area contributed by atoms with Gasteiger partial charge in [-0.15, -0.1) is 0 Å². The van der Waals surface area contributed by atoms with E-state index in [2.05, 4.69) is 15.3 Å². The van der Waals surface area contributed by atoms with Crippen molar-refractivity contribution in [2.75, 3.05) is 5.32 Å². The molecular formula is C21H14F3N3OS. The van der Waals surface area contributed by atoms with E-state index in [9.17, 15) is 18.0 Å². The van der Waals surface area contributed by atoms with E-state index in [1.807, 2.05) is 30.3 Å². The van der Waals surface area contributed by atoms with E-state index in [-0.39, 0.29) is 16.0 Å². The Bertz CT molecular complexity index is 1200. The number of nitrogens with one attached hydrogen (secondary N) is 1. The Kier molecular flexibility index (Phi) is 4.79. The maximum atomic E-state index is 13.7. The second kappa shape index (κ2) is 7.29. The summed E-state index contributed by atoms with van der Waals surface area (Å²) in [6, 6.07) is 15.3. The van der Waals surface area contributed by atoms with Crippen LogP contribution in [0.15, 0.2) is 60.8 Å². The van der Waals surface area contributed by atoms with E-state index in [1.165, 1.54) is 29.5 Å². The first-order valence-corrected chi connectivity index (χ1v) is 9.45. The Balaban J connectivity index is 1.72. The largest absolute Gasteiger partial charge is 0.417 e. The Hall–Kier alpha value is -3.26. The van der Waals surface area contributed by atoms with E-state index in [4.69, 9.17) is 0 Å². The van der Waals surface area contributed by atoms with Crippen molar-refractivity contribution in [3.63, 3.8) is 0 Å². The number of pyridine rings is 1. The zero-order valence-electron chi connectivity index (χ0n) is 15.1. The van der Waals surface area contributed by atoms with Gasteiger partial charge in [-0.05, 0) is 18.6 Å². The van der Waals surface area contributed by atoms with Crippen molar-refractivity contribution in [1.29, 1.82) is 0 Å². The predicted molar refractivity (Wildman–Crippen MR) is 107 cm³/mol. The number of carbonyl (C=O) groups is 1. The van der Waals surface area contributed by atoms with Gasteiger partial charge < -0.3 is 0 Å². The number of benzene rings is 2. The molecule has 0 radical (unpaired) electrons. The number of para-hydroxylation sites is 1. The molecule has 0 fully saturated rings. The van der Waals surface area contributed by atoms with Gasteiger partial charge in [0, 0.05) is 11.6 Å². The molecule has 0 atom stereocenters. The number of halogens is 3. The number of hydrogen-bond donors (Lipinski definition) is 1. The van der Waals surface area contributed by atoms with Crippen LogP contribution in [-0.4, -0.2) is 15.9 Å². The van der Waals surface area contributed by atoms with E-state index in [0.29, 0.717) is 5.69 Å². The van der Waals surface area contributed by atoms with Crippen molar-refractivity contribution < 1.29 is 18.0 Å². The van der Waals surface area contributed by atoms with Crippen molar-refractivity contribution in [2.24, 2.45) is 0 Å². The van der Waals surface area contributed by atoms with E-state index < -0.39 is 23.2 Å². The molecule has 4 nitrogen and oxygen atoms in total. The molecule has 0 saturated carbocycles. The Labute approximate surface area is 168 Å². The molecule has 0 aliphatic heterocycles. The molecule has 2 aromatic heterocycles. The lowest BCUT2D eigenvalue weighted by molar-refractivity contribution is -0.136. The van der Waals surface area contributed by atoms with Crippen LogP contribution in [0.2, 0.25) is 0 Å². The summed E-state index contributed by atoms with van der Waals surface area (Å²) < 4.78 is 41.2. The summed E-state index contributed by atoms with van der Waals surface area (Å²) >= 11 is 1.21. The van der Waals surface area contributed by atoms with Crippen LogP contribution in [-0.2, 0) is 6.18 Å². The third-order valence-electron chi connectivity index (χ3n) is 4.36. The predicted octanol–water partition coefficient (Wildman–Crippen LogP) is 5.94. The van der Waals surface area contributed by atoms with Crippen LogP contribution in [0.4, 0.5) is 18.3 Å². The van der Waals surface area contributed by atoms with Crippen LogP contribution in [0, 0.1) is 6.92 Å². The molecule has 0 aliphatic rings. The average molecular weight is 413 g/mol. The van der Waals surface area contributed by atoms with Gasteiger partial charge in [-0.3, -0.25) is 15.1 Å². The molecule has 0 saturated heterocycles. The fraction of sp³-hybridized carbons (Fsp3) is 0.0952. The van der Waals surface area contributed by atoms with Gasteiger partial charge in [-0.1, -0.05) is 59.9 Å². The maximum absolute atomic E-state index is 13.7. The lowest BCUT2D eigenvalue weighted by atomic mass is 10.0. The molecule has 4 aromatic rings. The molecule has 0 unspecified atom stereocenters. The Morgan fingerprint density at radius 3 is 2.45 bits per heavy atom. The fourth-order valence-electron chi connectivity index (χ4n) is 3.09. The molecule has 29 heavy (non-hydrogen) atoms. The molecule has 2 aromatic carbocycles. The number of aryl methyl sites for hydroxylation is 1. The highest BCUT2D eigenvalue weighted by Crippen LogP contribution is 2.38. The molecule has 1 N–H and O–H groups in total. The maximum Gasteiger partial charge on any atom is 0.417 e. The molecule has 0 aliphatic carbocycles. The number of rotatable bonds is 3. The fourth-order valence-corrected chi connectivity index (χ4v) is 4.06. The number of aromatic nitrogens is 2. The number of alkyl halides is 3. The van der Waals surface area contributed by atoms with Gasteiger partial charge in [-0.2, -0.15) is 13.2 Å². The van der Waals surface area contributed by atoms with Crippen LogP contribution in [0.3, 0.4) is 0 Å². The number of fused-ring (bicyclic) bond motifs is 1. The zero-order chi connectivity index (χ0) is 20.6. The summed E-state index contributed by atoms with van der Waals surface area (Å²) in [5.41, 5.74) is 0.242. The highest BCUT2D eigenvalue weighted by Gasteiger charge is 2.37. The first kappa shape index (κ1) is 19.1. The molecule has 146 valence electrons. The summed E-state index contributed by atoms with van der Waals surface area (Å²) in [5.74, 6) is -0.899. The second-order valence-electron chi connectivity index (χ2n) is 6.32. The van der Waals surface area contributed by atoms with Crippen molar-refractivity contribution in [1.82, 2.24) is 9.97 Å². The van der Waals surface area contributed by atoms with Crippen molar-refractivity contribution in [2.45, 2.75) is 13.1 Å². The summed E-state index contributed by atoms with van der Waals surface area (Å²) in [4.78, 5) is 21.8. The quantitative estimate of drug-likeness (QED) is 0.452. The van der Waals surface area contributed by atoms with Gasteiger partial charge in [0.25, 0.3) is 5.91 Å². The van der Waals surface area contributed by atoms with Gasteiger partial charge in [-0.25, -0.2) is 4.98 Å². The molecule has 0 bridgehead atoms. The van der Waals surface area contributed by atoms with Crippen LogP contribution >= 0.6 is 11.3 Å². The van der Waals surface area contributed by atoms with Crippen LogP contribution in [0.25, 0.3) is 21.3 Å². The molecule has 2 heterocycles. The first-order chi connectivity index (χ1) is 13.8. The van der Waals surface area contributed by atoms with Gasteiger partial charge in [0.2, 0.25) is 0 Å². The highest BCUT2D eigenvalue weighted by molar-refractivity contribution is 7.19. The smallest absolute Gasteiger partial charge is 0.298 e. The standard InChI is InChI=1S/C21H14F3N3OS/c1-12-18(13-7-3-2-4-8-13)29-20(26-12)27-19(28)15-11-25-16-10-6-5-9-14(16)17(15)21(22,23)24/h2-11H,1H3,(H,26,27,28). The van der Waals surface area contributed by atoms with Crippen molar-refractivity contribution in [3.8, 4) is 10.4 Å². The molecular weight excluding hydrogens is 399 g/mol. The van der Waals surface area contributed by atoms with Crippen LogP contribution in [0.1, 0.15) is 21.6 Å². The van der Waals surface area contributed by atoms with Crippen molar-refractivity contribution >= 4 is 33.3 Å². The molecule has 4 rings (SSSR count). The molecule has 8 heteroatoms. The molecule has 0 spiro atoms. The third-order valence-corrected chi connectivity index (χ3v) is 5.48. The molecule has 1 amide bonds. The minimum atomic E-state index is -4.71. The van der Waals surface area contributed by atoms with Crippen LogP contribution < -0.4 is 5.32 Å². The number of anilines is 1. The minimum Gasteiger partial charge on any atom is -0.298 e. The zero-order valence-corrected chi connectivity index (χ0v) is 15.9. The number of amides is 1. The van der Waals surface area contributed by atoms with E-state index >= 15 is 0 Å². The summed E-state index contributed by atoms with van der Waals surface area (Å²) in [7, 11) is 0. The van der Waals surface area contributed by atoms with Crippen molar-refractivity contribution in [3.05, 3.63) is 77.6 Å². The first-order valence-electron chi connectivity index (χ1n) is 8.64. The van der Waals surface area contributed by atoms with Gasteiger partial charge in [0.1, 0.15) is 0 Å².